The van der Waals surface area contributed by atoms with Crippen molar-refractivity contribution in [2.24, 2.45) is 0 Å². The highest BCUT2D eigenvalue weighted by atomic mass is 15.1. The largest absolute Gasteiger partial charge is 0.366 e. The van der Waals surface area contributed by atoms with E-state index in [0.29, 0.717) is 6.04 Å². The average Bonchev–Trinajstić information content (AvgIpc) is 2.63. The summed E-state index contributed by atoms with van der Waals surface area (Å²) in [5, 5.41) is 3.45. The monoisotopic (exact) mass is 219 g/mol. The topological polar surface area (TPSA) is 28.2 Å². The third-order valence-corrected chi connectivity index (χ3v) is 2.96. The summed E-state index contributed by atoms with van der Waals surface area (Å²) in [6, 6.07) is 4.76. The van der Waals surface area contributed by atoms with Crippen molar-refractivity contribution in [2.75, 3.05) is 26.0 Å². The molecule has 3 nitrogen and oxygen atoms in total. The quantitative estimate of drug-likeness (QED) is 0.838. The highest BCUT2D eigenvalue weighted by molar-refractivity contribution is 5.41. The third-order valence-electron chi connectivity index (χ3n) is 2.96. The molecule has 0 saturated carbocycles. The standard InChI is InChI=1S/C13H21N3/c1-10(9-16(2)3)14-13-8-7-11-5-4-6-12(11)15-13/h7-8,10H,4-6,9H2,1-3H3,(H,14,15). The molecule has 0 radical (unpaired) electrons. The van der Waals surface area contributed by atoms with Crippen LogP contribution in [0.3, 0.4) is 0 Å². The zero-order valence-corrected chi connectivity index (χ0v) is 10.5. The van der Waals surface area contributed by atoms with Crippen LogP contribution in [-0.4, -0.2) is 36.6 Å². The van der Waals surface area contributed by atoms with Gasteiger partial charge in [-0.05, 0) is 51.9 Å². The number of hydrogen-bond acceptors (Lipinski definition) is 3. The van der Waals surface area contributed by atoms with Gasteiger partial charge in [-0.3, -0.25) is 0 Å². The van der Waals surface area contributed by atoms with Crippen molar-refractivity contribution in [1.29, 1.82) is 0 Å². The molecule has 0 fully saturated rings. The number of pyridine rings is 1. The highest BCUT2D eigenvalue weighted by Gasteiger charge is 2.13. The molecule has 0 saturated heterocycles. The Balaban J connectivity index is 1.99. The minimum atomic E-state index is 0.432. The Bertz CT molecular complexity index is 360. The Labute approximate surface area is 97.9 Å². The molecule has 2 rings (SSSR count). The van der Waals surface area contributed by atoms with Gasteiger partial charge in [-0.25, -0.2) is 4.98 Å². The predicted octanol–water partition coefficient (Wildman–Crippen LogP) is 1.93. The number of likely N-dealkylation sites (N-methyl/N-ethyl adjacent to an activating group) is 1. The number of aryl methyl sites for hydroxylation is 2. The van der Waals surface area contributed by atoms with Crippen LogP contribution in [0.15, 0.2) is 12.1 Å². The summed E-state index contributed by atoms with van der Waals surface area (Å²) in [5.41, 5.74) is 2.73. The van der Waals surface area contributed by atoms with Gasteiger partial charge in [-0.2, -0.15) is 0 Å². The predicted molar refractivity (Wildman–Crippen MR) is 67.9 cm³/mol. The van der Waals surface area contributed by atoms with E-state index >= 15 is 0 Å². The van der Waals surface area contributed by atoms with Crippen LogP contribution in [0, 0.1) is 0 Å². The second kappa shape index (κ2) is 4.83. The van der Waals surface area contributed by atoms with Crippen molar-refractivity contribution in [2.45, 2.75) is 32.2 Å². The van der Waals surface area contributed by atoms with Gasteiger partial charge in [0.05, 0.1) is 0 Å². The van der Waals surface area contributed by atoms with Crippen LogP contribution in [0.2, 0.25) is 0 Å². The molecule has 1 N–H and O–H groups in total. The number of nitrogens with one attached hydrogen (secondary N) is 1. The summed E-state index contributed by atoms with van der Waals surface area (Å²) < 4.78 is 0. The molecule has 0 bridgehead atoms. The lowest BCUT2D eigenvalue weighted by molar-refractivity contribution is 0.392. The van der Waals surface area contributed by atoms with Gasteiger partial charge < -0.3 is 10.2 Å². The molecule has 3 heteroatoms. The number of hydrogen-bond donors (Lipinski definition) is 1. The van der Waals surface area contributed by atoms with Crippen molar-refractivity contribution in [3.63, 3.8) is 0 Å². The van der Waals surface area contributed by atoms with E-state index in [1.165, 1.54) is 24.1 Å². The van der Waals surface area contributed by atoms with E-state index < -0.39 is 0 Å². The number of rotatable bonds is 4. The first-order chi connectivity index (χ1) is 7.65. The van der Waals surface area contributed by atoms with E-state index in [1.807, 2.05) is 0 Å². The maximum absolute atomic E-state index is 4.67. The van der Waals surface area contributed by atoms with Crippen LogP contribution >= 0.6 is 0 Å². The Morgan fingerprint density at radius 2 is 2.19 bits per heavy atom. The summed E-state index contributed by atoms with van der Waals surface area (Å²) >= 11 is 0. The van der Waals surface area contributed by atoms with Crippen molar-refractivity contribution in [1.82, 2.24) is 9.88 Å². The second-order valence-electron chi connectivity index (χ2n) is 4.96. The van der Waals surface area contributed by atoms with E-state index in [-0.39, 0.29) is 0 Å². The molecular weight excluding hydrogens is 198 g/mol. The molecule has 1 aliphatic carbocycles. The maximum Gasteiger partial charge on any atom is 0.126 e. The highest BCUT2D eigenvalue weighted by Crippen LogP contribution is 2.21. The van der Waals surface area contributed by atoms with Crippen LogP contribution in [0.25, 0.3) is 0 Å². The Morgan fingerprint density at radius 3 is 2.94 bits per heavy atom. The van der Waals surface area contributed by atoms with Gasteiger partial charge in [0.25, 0.3) is 0 Å². The molecule has 0 spiro atoms. The fraction of sp³-hybridized carbons (Fsp3) is 0.615. The van der Waals surface area contributed by atoms with Crippen LogP contribution in [0.1, 0.15) is 24.6 Å². The Morgan fingerprint density at radius 1 is 1.38 bits per heavy atom. The molecule has 1 aromatic heterocycles. The zero-order chi connectivity index (χ0) is 11.5. The van der Waals surface area contributed by atoms with Crippen LogP contribution in [0.4, 0.5) is 5.82 Å². The lowest BCUT2D eigenvalue weighted by Gasteiger charge is -2.19. The molecule has 1 aromatic rings. The van der Waals surface area contributed by atoms with Crippen molar-refractivity contribution >= 4 is 5.82 Å². The molecule has 1 aliphatic rings. The summed E-state index contributed by atoms with van der Waals surface area (Å²) in [7, 11) is 4.18. The zero-order valence-electron chi connectivity index (χ0n) is 10.5. The van der Waals surface area contributed by atoms with Crippen molar-refractivity contribution in [3.05, 3.63) is 23.4 Å². The molecule has 16 heavy (non-hydrogen) atoms. The lowest BCUT2D eigenvalue weighted by atomic mass is 10.2. The Kier molecular flexibility index (Phi) is 3.44. The van der Waals surface area contributed by atoms with Gasteiger partial charge in [0.15, 0.2) is 0 Å². The van der Waals surface area contributed by atoms with E-state index in [4.69, 9.17) is 0 Å². The van der Waals surface area contributed by atoms with Gasteiger partial charge >= 0.3 is 0 Å². The second-order valence-corrected chi connectivity index (χ2v) is 4.96. The van der Waals surface area contributed by atoms with Crippen molar-refractivity contribution < 1.29 is 0 Å². The number of anilines is 1. The minimum Gasteiger partial charge on any atom is -0.366 e. The Hall–Kier alpha value is -1.09. The van der Waals surface area contributed by atoms with E-state index in [9.17, 15) is 0 Å². The van der Waals surface area contributed by atoms with E-state index in [1.54, 1.807) is 0 Å². The van der Waals surface area contributed by atoms with Gasteiger partial charge in [0, 0.05) is 18.3 Å². The van der Waals surface area contributed by atoms with Gasteiger partial charge in [-0.15, -0.1) is 0 Å². The number of nitrogens with zero attached hydrogens (tertiary/aromatic N) is 2. The first kappa shape index (κ1) is 11.4. The average molecular weight is 219 g/mol. The van der Waals surface area contributed by atoms with Crippen LogP contribution in [-0.2, 0) is 12.8 Å². The molecule has 0 aromatic carbocycles. The van der Waals surface area contributed by atoms with Gasteiger partial charge in [0.2, 0.25) is 0 Å². The summed E-state index contributed by atoms with van der Waals surface area (Å²) in [5.74, 6) is 1.02. The van der Waals surface area contributed by atoms with Crippen LogP contribution in [0.5, 0.6) is 0 Å². The molecule has 88 valence electrons. The molecule has 1 unspecified atom stereocenters. The maximum atomic E-state index is 4.67. The van der Waals surface area contributed by atoms with Crippen LogP contribution < -0.4 is 5.32 Å². The summed E-state index contributed by atoms with van der Waals surface area (Å²) in [4.78, 5) is 6.86. The summed E-state index contributed by atoms with van der Waals surface area (Å²) in [6.07, 6.45) is 3.61. The number of fused-ring (bicyclic) bond motifs is 1. The van der Waals surface area contributed by atoms with Crippen molar-refractivity contribution in [3.8, 4) is 0 Å². The summed E-state index contributed by atoms with van der Waals surface area (Å²) in [6.45, 7) is 3.22. The smallest absolute Gasteiger partial charge is 0.126 e. The number of aromatic nitrogens is 1. The lowest BCUT2D eigenvalue weighted by Crippen LogP contribution is -2.30. The molecule has 0 amide bonds. The van der Waals surface area contributed by atoms with Gasteiger partial charge in [-0.1, -0.05) is 6.07 Å². The minimum absolute atomic E-state index is 0.432. The normalized spacial score (nSPS) is 16.2. The first-order valence-corrected chi connectivity index (χ1v) is 6.05. The third kappa shape index (κ3) is 2.73. The fourth-order valence-electron chi connectivity index (χ4n) is 2.35. The molecule has 0 aliphatic heterocycles. The van der Waals surface area contributed by atoms with E-state index in [0.717, 1.165) is 18.8 Å². The van der Waals surface area contributed by atoms with E-state index in [2.05, 4.69) is 48.4 Å². The molecule has 1 atom stereocenters. The molecular formula is C13H21N3. The van der Waals surface area contributed by atoms with Gasteiger partial charge in [0.1, 0.15) is 5.82 Å². The first-order valence-electron chi connectivity index (χ1n) is 6.05. The molecule has 1 heterocycles. The SMILES string of the molecule is CC(CN(C)C)Nc1ccc2c(n1)CCC2. The fourth-order valence-corrected chi connectivity index (χ4v) is 2.35.